The molecule has 1 aromatic carbocycles. The number of carbonyl (C=O) groups excluding carboxylic acids is 2. The van der Waals surface area contributed by atoms with Crippen LogP contribution in [0.2, 0.25) is 0 Å². The lowest BCUT2D eigenvalue weighted by atomic mass is 9.89. The third kappa shape index (κ3) is 1.89. The fraction of sp³-hybridized carbons (Fsp3) is 0.250. The molecule has 0 unspecified atom stereocenters. The van der Waals surface area contributed by atoms with E-state index in [1.165, 1.54) is 0 Å². The Morgan fingerprint density at radius 1 is 1.38 bits per heavy atom. The van der Waals surface area contributed by atoms with Crippen molar-refractivity contribution < 1.29 is 9.59 Å². The number of nitrogens with two attached hydrogens (primary N) is 1. The summed E-state index contributed by atoms with van der Waals surface area (Å²) in [5, 5.41) is 2.85. The van der Waals surface area contributed by atoms with E-state index in [-0.39, 0.29) is 11.7 Å². The van der Waals surface area contributed by atoms with Crippen LogP contribution in [-0.2, 0) is 17.8 Å². The first-order chi connectivity index (χ1) is 10.1. The first-order valence-electron chi connectivity index (χ1n) is 6.88. The number of nitrogens with one attached hydrogen (secondary N) is 1. The summed E-state index contributed by atoms with van der Waals surface area (Å²) in [6.45, 7) is 4.71. The van der Waals surface area contributed by atoms with Crippen LogP contribution in [0.1, 0.15) is 21.5 Å². The highest BCUT2D eigenvalue weighted by Gasteiger charge is 2.39. The molecule has 2 aliphatic rings. The van der Waals surface area contributed by atoms with Crippen LogP contribution in [0.25, 0.3) is 0 Å². The number of allylic oxidation sites excluding steroid dienone is 2. The number of amides is 1. The lowest BCUT2D eigenvalue weighted by molar-refractivity contribution is -0.113. The van der Waals surface area contributed by atoms with Gasteiger partial charge in [-0.1, -0.05) is 18.7 Å². The molecule has 3 rings (SSSR count). The zero-order valence-electron chi connectivity index (χ0n) is 11.9. The molecular weight excluding hydrogens is 266 g/mol. The van der Waals surface area contributed by atoms with Gasteiger partial charge in [0.1, 0.15) is 5.70 Å². The van der Waals surface area contributed by atoms with Gasteiger partial charge in [-0.2, -0.15) is 0 Å². The molecule has 0 fully saturated rings. The average molecular weight is 283 g/mol. The summed E-state index contributed by atoms with van der Waals surface area (Å²) in [5.41, 5.74) is 9.74. The summed E-state index contributed by atoms with van der Waals surface area (Å²) in [6.07, 6.45) is 0.758. The van der Waals surface area contributed by atoms with Gasteiger partial charge in [-0.05, 0) is 23.6 Å². The van der Waals surface area contributed by atoms with Crippen LogP contribution < -0.4 is 11.1 Å². The van der Waals surface area contributed by atoms with E-state index in [1.54, 1.807) is 11.9 Å². The summed E-state index contributed by atoms with van der Waals surface area (Å²) in [4.78, 5) is 26.1. The number of nitrogens with zero attached hydrogens (tertiary/aromatic N) is 1. The predicted molar refractivity (Wildman–Crippen MR) is 79.3 cm³/mol. The molecule has 1 amide bonds. The van der Waals surface area contributed by atoms with Crippen LogP contribution in [0, 0.1) is 0 Å². The third-order valence-corrected chi connectivity index (χ3v) is 4.03. The third-order valence-electron chi connectivity index (χ3n) is 4.03. The van der Waals surface area contributed by atoms with Crippen LogP contribution in [0.5, 0.6) is 0 Å². The monoisotopic (exact) mass is 283 g/mol. The number of hydrogen-bond acceptors (Lipinski definition) is 4. The highest BCUT2D eigenvalue weighted by atomic mass is 16.2. The Kier molecular flexibility index (Phi) is 3.14. The van der Waals surface area contributed by atoms with Crippen LogP contribution in [0.4, 0.5) is 0 Å². The molecule has 0 atom stereocenters. The molecule has 0 radical (unpaired) electrons. The van der Waals surface area contributed by atoms with Crippen molar-refractivity contribution in [2.75, 3.05) is 13.6 Å². The molecule has 21 heavy (non-hydrogen) atoms. The SMILES string of the molecule is C=C1C(=O)C(NC)=C1N1CCc2ccc(CN)cc2C1=O. The van der Waals surface area contributed by atoms with Gasteiger partial charge >= 0.3 is 0 Å². The van der Waals surface area contributed by atoms with Gasteiger partial charge in [0.2, 0.25) is 5.78 Å². The number of Topliss-reactive ketones (excluding diaryl/α,β-unsaturated/α-hetero) is 1. The Hall–Kier alpha value is -2.40. The van der Waals surface area contributed by atoms with E-state index in [1.807, 2.05) is 18.2 Å². The maximum atomic E-state index is 12.7. The second kappa shape index (κ2) is 4.86. The number of hydrogen-bond donors (Lipinski definition) is 2. The van der Waals surface area contributed by atoms with Crippen molar-refractivity contribution in [1.82, 2.24) is 10.2 Å². The minimum absolute atomic E-state index is 0.0945. The highest BCUT2D eigenvalue weighted by molar-refractivity contribution is 6.20. The van der Waals surface area contributed by atoms with E-state index < -0.39 is 0 Å². The summed E-state index contributed by atoms with van der Waals surface area (Å²) in [7, 11) is 1.68. The molecular formula is C16H17N3O2. The molecule has 3 N–H and O–H groups in total. The summed E-state index contributed by atoms with van der Waals surface area (Å²) < 4.78 is 0. The summed E-state index contributed by atoms with van der Waals surface area (Å²) in [5.74, 6) is -0.218. The van der Waals surface area contributed by atoms with Gasteiger partial charge in [0.25, 0.3) is 5.91 Å². The molecule has 1 aromatic rings. The Balaban J connectivity index is 2.02. The Morgan fingerprint density at radius 2 is 2.14 bits per heavy atom. The zero-order valence-corrected chi connectivity index (χ0v) is 11.9. The van der Waals surface area contributed by atoms with Crippen molar-refractivity contribution in [3.63, 3.8) is 0 Å². The van der Waals surface area contributed by atoms with Gasteiger partial charge in [0, 0.05) is 31.3 Å². The molecule has 1 aliphatic heterocycles. The number of rotatable bonds is 3. The Morgan fingerprint density at radius 3 is 2.81 bits per heavy atom. The summed E-state index contributed by atoms with van der Waals surface area (Å²) >= 11 is 0. The van der Waals surface area contributed by atoms with Gasteiger partial charge < -0.3 is 16.0 Å². The molecule has 0 bridgehead atoms. The largest absolute Gasteiger partial charge is 0.383 e. The maximum Gasteiger partial charge on any atom is 0.258 e. The summed E-state index contributed by atoms with van der Waals surface area (Å²) in [6, 6.07) is 5.75. The molecule has 5 heteroatoms. The standard InChI is InChI=1S/C16H17N3O2/c1-9-14(13(18-2)15(9)20)19-6-5-11-4-3-10(8-17)7-12(11)16(19)21/h3-4,7,18H,1,5-6,8,17H2,2H3. The van der Waals surface area contributed by atoms with Crippen LogP contribution in [0.15, 0.2) is 41.7 Å². The molecule has 0 saturated carbocycles. The van der Waals surface area contributed by atoms with Gasteiger partial charge in [-0.25, -0.2) is 0 Å². The Bertz CT molecular complexity index is 703. The van der Waals surface area contributed by atoms with Gasteiger partial charge in [0.05, 0.1) is 5.70 Å². The van der Waals surface area contributed by atoms with Crippen molar-refractivity contribution >= 4 is 11.7 Å². The minimum Gasteiger partial charge on any atom is -0.383 e. The molecule has 0 aromatic heterocycles. The smallest absolute Gasteiger partial charge is 0.258 e. The van der Waals surface area contributed by atoms with Crippen molar-refractivity contribution in [1.29, 1.82) is 0 Å². The van der Waals surface area contributed by atoms with Crippen molar-refractivity contribution in [2.45, 2.75) is 13.0 Å². The quantitative estimate of drug-likeness (QED) is 0.801. The number of ketones is 1. The second-order valence-corrected chi connectivity index (χ2v) is 5.18. The normalized spacial score (nSPS) is 17.8. The van der Waals surface area contributed by atoms with Crippen molar-refractivity contribution in [2.24, 2.45) is 5.73 Å². The number of benzene rings is 1. The van der Waals surface area contributed by atoms with Crippen LogP contribution >= 0.6 is 0 Å². The average Bonchev–Trinajstić information content (AvgIpc) is 2.52. The number of likely N-dealkylation sites (N-methyl/N-ethyl adjacent to an activating group) is 1. The van der Waals surface area contributed by atoms with Gasteiger partial charge in [0.15, 0.2) is 0 Å². The fourth-order valence-corrected chi connectivity index (χ4v) is 2.84. The first kappa shape index (κ1) is 13.6. The highest BCUT2D eigenvalue weighted by Crippen LogP contribution is 2.33. The molecule has 1 heterocycles. The second-order valence-electron chi connectivity index (χ2n) is 5.18. The Labute approximate surface area is 123 Å². The molecule has 1 aliphatic carbocycles. The maximum absolute atomic E-state index is 12.7. The number of fused-ring (bicyclic) bond motifs is 1. The predicted octanol–water partition coefficient (Wildman–Crippen LogP) is 0.713. The van der Waals surface area contributed by atoms with E-state index in [2.05, 4.69) is 11.9 Å². The van der Waals surface area contributed by atoms with E-state index in [4.69, 9.17) is 5.73 Å². The van der Waals surface area contributed by atoms with Crippen LogP contribution in [-0.4, -0.2) is 30.2 Å². The first-order valence-corrected chi connectivity index (χ1v) is 6.88. The minimum atomic E-state index is -0.123. The molecule has 108 valence electrons. The van der Waals surface area contributed by atoms with E-state index in [0.29, 0.717) is 35.6 Å². The molecule has 5 nitrogen and oxygen atoms in total. The lowest BCUT2D eigenvalue weighted by Crippen LogP contribution is -2.45. The topological polar surface area (TPSA) is 75.4 Å². The van der Waals surface area contributed by atoms with Crippen LogP contribution in [0.3, 0.4) is 0 Å². The zero-order chi connectivity index (χ0) is 15.1. The van der Waals surface area contributed by atoms with Gasteiger partial charge in [-0.3, -0.25) is 9.59 Å². The van der Waals surface area contributed by atoms with Crippen molar-refractivity contribution in [3.8, 4) is 0 Å². The van der Waals surface area contributed by atoms with E-state index >= 15 is 0 Å². The number of carbonyl (C=O) groups is 2. The van der Waals surface area contributed by atoms with Gasteiger partial charge in [-0.15, -0.1) is 0 Å². The van der Waals surface area contributed by atoms with E-state index in [0.717, 1.165) is 17.5 Å². The lowest BCUT2D eigenvalue weighted by Gasteiger charge is -2.36. The van der Waals surface area contributed by atoms with Crippen molar-refractivity contribution in [3.05, 3.63) is 58.4 Å². The fourth-order valence-electron chi connectivity index (χ4n) is 2.84. The van der Waals surface area contributed by atoms with E-state index in [9.17, 15) is 9.59 Å². The molecule has 0 spiro atoms. The molecule has 0 saturated heterocycles.